The van der Waals surface area contributed by atoms with Gasteiger partial charge in [-0.1, -0.05) is 41.6 Å². The predicted molar refractivity (Wildman–Crippen MR) is 108 cm³/mol. The van der Waals surface area contributed by atoms with E-state index < -0.39 is 5.25 Å². The molecule has 4 rings (SSSR count). The molecule has 0 bridgehead atoms. The van der Waals surface area contributed by atoms with Crippen molar-refractivity contribution in [2.24, 2.45) is 4.99 Å². The summed E-state index contributed by atoms with van der Waals surface area (Å²) in [5, 5.41) is 3.38. The molecular weight excluding hydrogens is 384 g/mol. The molecule has 27 heavy (non-hydrogen) atoms. The van der Waals surface area contributed by atoms with Gasteiger partial charge in [-0.25, -0.2) is 4.99 Å². The third-order valence-corrected chi connectivity index (χ3v) is 5.40. The number of aliphatic imine (C=N–C) groups is 1. The van der Waals surface area contributed by atoms with Crippen molar-refractivity contribution < 1.29 is 13.9 Å². The van der Waals surface area contributed by atoms with Crippen LogP contribution in [0.15, 0.2) is 70.1 Å². The molecule has 1 aromatic heterocycles. The number of nitrogens with zero attached hydrogens (tertiary/aromatic N) is 1. The van der Waals surface area contributed by atoms with Gasteiger partial charge >= 0.3 is 0 Å². The number of benzene rings is 2. The number of nitrogens with one attached hydrogen (secondary N) is 1. The van der Waals surface area contributed by atoms with Crippen LogP contribution in [0.5, 0.6) is 5.75 Å². The summed E-state index contributed by atoms with van der Waals surface area (Å²) in [4.78, 5) is 16.8. The Morgan fingerprint density at radius 2 is 1.96 bits per heavy atom. The number of furan rings is 1. The fraction of sp³-hybridized carbons (Fsp3) is 0.100. The summed E-state index contributed by atoms with van der Waals surface area (Å²) in [7, 11) is 1.57. The Morgan fingerprint density at radius 1 is 1.15 bits per heavy atom. The quantitative estimate of drug-likeness (QED) is 0.656. The number of ether oxygens (including phenoxy) is 1. The molecule has 2 heterocycles. The van der Waals surface area contributed by atoms with Crippen LogP contribution in [0.25, 0.3) is 11.3 Å². The number of hydrogen-bond donors (Lipinski definition) is 1. The zero-order chi connectivity index (χ0) is 18.8. The topological polar surface area (TPSA) is 63.8 Å². The molecule has 0 radical (unpaired) electrons. The molecule has 0 aliphatic carbocycles. The van der Waals surface area contributed by atoms with Crippen LogP contribution in [0.4, 0.5) is 5.69 Å². The number of halogens is 1. The van der Waals surface area contributed by atoms with Gasteiger partial charge in [-0.15, -0.1) is 0 Å². The summed E-state index contributed by atoms with van der Waals surface area (Å²) in [6.07, 6.45) is 0. The van der Waals surface area contributed by atoms with E-state index in [2.05, 4.69) is 10.3 Å². The van der Waals surface area contributed by atoms with Crippen molar-refractivity contribution in [3.05, 3.63) is 71.4 Å². The number of rotatable bonds is 4. The number of hydrogen-bond acceptors (Lipinski definition) is 5. The van der Waals surface area contributed by atoms with Crippen LogP contribution in [0.1, 0.15) is 11.0 Å². The van der Waals surface area contributed by atoms with E-state index in [9.17, 15) is 4.79 Å². The molecule has 1 aliphatic rings. The van der Waals surface area contributed by atoms with E-state index in [1.54, 1.807) is 25.3 Å². The molecule has 1 N–H and O–H groups in total. The van der Waals surface area contributed by atoms with Crippen molar-refractivity contribution in [1.82, 2.24) is 5.32 Å². The summed E-state index contributed by atoms with van der Waals surface area (Å²) in [5.41, 5.74) is 1.60. The van der Waals surface area contributed by atoms with Gasteiger partial charge in [-0.05, 0) is 42.5 Å². The average Bonchev–Trinajstić information content (AvgIpc) is 3.29. The molecule has 3 aromatic rings. The maximum atomic E-state index is 12.3. The number of carbonyl (C=O) groups excluding carboxylic acids is 1. The highest BCUT2D eigenvalue weighted by Gasteiger charge is 2.34. The molecule has 1 amide bonds. The van der Waals surface area contributed by atoms with E-state index in [1.807, 2.05) is 42.5 Å². The summed E-state index contributed by atoms with van der Waals surface area (Å²) < 4.78 is 11.1. The van der Waals surface area contributed by atoms with Crippen LogP contribution in [0.3, 0.4) is 0 Å². The maximum Gasteiger partial charge on any atom is 0.247 e. The Morgan fingerprint density at radius 3 is 2.70 bits per heavy atom. The number of amides is 1. The zero-order valence-electron chi connectivity index (χ0n) is 14.3. The highest BCUT2D eigenvalue weighted by atomic mass is 35.5. The van der Waals surface area contributed by atoms with Crippen LogP contribution >= 0.6 is 23.4 Å². The van der Waals surface area contributed by atoms with E-state index in [4.69, 9.17) is 20.8 Å². The first kappa shape index (κ1) is 17.7. The van der Waals surface area contributed by atoms with Gasteiger partial charge in [0.25, 0.3) is 0 Å². The number of methoxy groups -OCH3 is 1. The molecule has 5 nitrogen and oxygen atoms in total. The van der Waals surface area contributed by atoms with Gasteiger partial charge in [-0.3, -0.25) is 4.79 Å². The lowest BCUT2D eigenvalue weighted by Crippen LogP contribution is -2.21. The molecule has 0 saturated carbocycles. The Balaban J connectivity index is 1.56. The molecule has 1 aliphatic heterocycles. The lowest BCUT2D eigenvalue weighted by Gasteiger charge is -2.05. The van der Waals surface area contributed by atoms with Gasteiger partial charge in [0.2, 0.25) is 5.91 Å². The second-order valence-electron chi connectivity index (χ2n) is 5.79. The SMILES string of the molecule is COc1ccc(-c2ccc(C3SC(=Nc4ccccc4)NC3=O)o2)cc1Cl. The smallest absolute Gasteiger partial charge is 0.247 e. The first-order valence-electron chi connectivity index (χ1n) is 8.19. The van der Waals surface area contributed by atoms with Crippen LogP contribution in [0, 0.1) is 0 Å². The minimum atomic E-state index is -0.477. The van der Waals surface area contributed by atoms with Crippen LogP contribution in [-0.2, 0) is 4.79 Å². The number of para-hydroxylation sites is 1. The van der Waals surface area contributed by atoms with E-state index in [-0.39, 0.29) is 5.91 Å². The summed E-state index contributed by atoms with van der Waals surface area (Å²) in [6, 6.07) is 18.5. The molecule has 1 atom stereocenters. The Bertz CT molecular complexity index is 1020. The van der Waals surface area contributed by atoms with Crippen molar-refractivity contribution in [3.8, 4) is 17.1 Å². The average molecular weight is 399 g/mol. The molecule has 136 valence electrons. The zero-order valence-corrected chi connectivity index (χ0v) is 15.9. The van der Waals surface area contributed by atoms with Crippen LogP contribution < -0.4 is 10.1 Å². The number of thioether (sulfide) groups is 1. The van der Waals surface area contributed by atoms with Gasteiger partial charge in [0.05, 0.1) is 17.8 Å². The maximum absolute atomic E-state index is 12.3. The summed E-state index contributed by atoms with van der Waals surface area (Å²) >= 11 is 7.52. The third-order valence-electron chi connectivity index (χ3n) is 4.01. The number of carbonyl (C=O) groups is 1. The van der Waals surface area contributed by atoms with E-state index in [1.165, 1.54) is 11.8 Å². The fourth-order valence-electron chi connectivity index (χ4n) is 2.70. The molecule has 1 unspecified atom stereocenters. The molecule has 1 saturated heterocycles. The minimum absolute atomic E-state index is 0.150. The molecule has 0 spiro atoms. The van der Waals surface area contributed by atoms with Crippen molar-refractivity contribution >= 4 is 40.1 Å². The highest BCUT2D eigenvalue weighted by molar-refractivity contribution is 8.15. The van der Waals surface area contributed by atoms with Gasteiger partial charge in [-0.2, -0.15) is 0 Å². The van der Waals surface area contributed by atoms with Crippen molar-refractivity contribution in [2.45, 2.75) is 5.25 Å². The van der Waals surface area contributed by atoms with Crippen molar-refractivity contribution in [2.75, 3.05) is 7.11 Å². The molecule has 2 aromatic carbocycles. The van der Waals surface area contributed by atoms with Crippen LogP contribution in [-0.4, -0.2) is 18.2 Å². The molecule has 7 heteroatoms. The highest BCUT2D eigenvalue weighted by Crippen LogP contribution is 2.38. The van der Waals surface area contributed by atoms with Gasteiger partial charge in [0.1, 0.15) is 22.5 Å². The van der Waals surface area contributed by atoms with Crippen molar-refractivity contribution in [1.29, 1.82) is 0 Å². The Hall–Kier alpha value is -2.70. The Kier molecular flexibility index (Phi) is 4.92. The normalized spacial score (nSPS) is 17.9. The second kappa shape index (κ2) is 7.50. The van der Waals surface area contributed by atoms with E-state index >= 15 is 0 Å². The predicted octanol–water partition coefficient (Wildman–Crippen LogP) is 5.20. The van der Waals surface area contributed by atoms with Crippen molar-refractivity contribution in [3.63, 3.8) is 0 Å². The van der Waals surface area contributed by atoms with E-state index in [0.29, 0.717) is 27.5 Å². The van der Waals surface area contributed by atoms with Gasteiger partial charge in [0.15, 0.2) is 5.17 Å². The lowest BCUT2D eigenvalue weighted by molar-refractivity contribution is -0.119. The summed E-state index contributed by atoms with van der Waals surface area (Å²) in [6.45, 7) is 0. The van der Waals surface area contributed by atoms with E-state index in [0.717, 1.165) is 11.3 Å². The lowest BCUT2D eigenvalue weighted by atomic mass is 10.1. The third kappa shape index (κ3) is 3.72. The number of amidine groups is 1. The first-order valence-corrected chi connectivity index (χ1v) is 9.45. The van der Waals surface area contributed by atoms with Gasteiger partial charge < -0.3 is 14.5 Å². The molecular formula is C20H15ClN2O3S. The minimum Gasteiger partial charge on any atom is -0.495 e. The van der Waals surface area contributed by atoms with Gasteiger partial charge in [0, 0.05) is 5.56 Å². The fourth-order valence-corrected chi connectivity index (χ4v) is 3.90. The monoisotopic (exact) mass is 398 g/mol. The van der Waals surface area contributed by atoms with Crippen LogP contribution in [0.2, 0.25) is 5.02 Å². The molecule has 1 fully saturated rings. The first-order chi connectivity index (χ1) is 13.1. The summed E-state index contributed by atoms with van der Waals surface area (Å²) in [5.74, 6) is 1.65. The second-order valence-corrected chi connectivity index (χ2v) is 7.29. The standard InChI is InChI=1S/C20H15ClN2O3S/c1-25-16-8-7-12(11-14(16)21)15-9-10-17(26-15)18-19(24)23-20(27-18)22-13-5-3-2-4-6-13/h2-11,18H,1H3,(H,22,23,24). The Labute approximate surface area is 165 Å². The largest absolute Gasteiger partial charge is 0.495 e.